The maximum Gasteiger partial charge on any atom is 0.311 e. The van der Waals surface area contributed by atoms with Gasteiger partial charge in [-0.2, -0.15) is 0 Å². The van der Waals surface area contributed by atoms with Gasteiger partial charge in [0.05, 0.1) is 17.2 Å². The van der Waals surface area contributed by atoms with Crippen LogP contribution in [0.3, 0.4) is 0 Å². The molecule has 6 nitrogen and oxygen atoms in total. The van der Waals surface area contributed by atoms with E-state index in [0.29, 0.717) is 17.9 Å². The molecule has 2 aromatic heterocycles. The van der Waals surface area contributed by atoms with E-state index in [0.717, 1.165) is 11.2 Å². The van der Waals surface area contributed by atoms with Crippen molar-refractivity contribution in [1.82, 2.24) is 9.38 Å². The van der Waals surface area contributed by atoms with Gasteiger partial charge in [0.2, 0.25) is 0 Å². The van der Waals surface area contributed by atoms with Crippen LogP contribution in [0.2, 0.25) is 0 Å². The van der Waals surface area contributed by atoms with Crippen molar-refractivity contribution < 1.29 is 9.66 Å². The summed E-state index contributed by atoms with van der Waals surface area (Å²) in [4.78, 5) is 15.3. The van der Waals surface area contributed by atoms with Crippen molar-refractivity contribution in [3.05, 3.63) is 58.4 Å². The van der Waals surface area contributed by atoms with Crippen LogP contribution in [-0.4, -0.2) is 20.9 Å². The van der Waals surface area contributed by atoms with E-state index >= 15 is 0 Å². The molecule has 0 bridgehead atoms. The third kappa shape index (κ3) is 2.50. The standard InChI is InChI=1S/C16H15N3O3/c1-3-22-15-5-4-12(9-14(15)19(20)21)13-10-18-7-6-11(2)8-16(18)17-13/h4-10H,3H2,1-2H3. The highest BCUT2D eigenvalue weighted by Crippen LogP contribution is 2.32. The van der Waals surface area contributed by atoms with Gasteiger partial charge in [-0.3, -0.25) is 10.1 Å². The molecular formula is C16H15N3O3. The van der Waals surface area contributed by atoms with Crippen molar-refractivity contribution in [3.63, 3.8) is 0 Å². The van der Waals surface area contributed by atoms with Crippen molar-refractivity contribution in [2.24, 2.45) is 0 Å². The summed E-state index contributed by atoms with van der Waals surface area (Å²) in [5.41, 5.74) is 3.26. The second-order valence-electron chi connectivity index (χ2n) is 4.97. The van der Waals surface area contributed by atoms with E-state index in [4.69, 9.17) is 4.74 Å². The molecular weight excluding hydrogens is 282 g/mol. The fraction of sp³-hybridized carbons (Fsp3) is 0.188. The second-order valence-corrected chi connectivity index (χ2v) is 4.97. The van der Waals surface area contributed by atoms with E-state index in [1.54, 1.807) is 19.1 Å². The van der Waals surface area contributed by atoms with Crippen LogP contribution in [0.1, 0.15) is 12.5 Å². The Bertz CT molecular complexity index is 855. The first kappa shape index (κ1) is 14.1. The Morgan fingerprint density at radius 3 is 2.86 bits per heavy atom. The number of fused-ring (bicyclic) bond motifs is 1. The van der Waals surface area contributed by atoms with Gasteiger partial charge in [-0.15, -0.1) is 0 Å². The Morgan fingerprint density at radius 1 is 1.32 bits per heavy atom. The third-order valence-corrected chi connectivity index (χ3v) is 3.37. The van der Waals surface area contributed by atoms with Crippen LogP contribution in [-0.2, 0) is 0 Å². The number of nitro groups is 1. The zero-order valence-electron chi connectivity index (χ0n) is 12.3. The van der Waals surface area contributed by atoms with Gasteiger partial charge in [-0.25, -0.2) is 4.98 Å². The predicted molar refractivity (Wildman–Crippen MR) is 83.2 cm³/mol. The molecule has 0 aliphatic heterocycles. The lowest BCUT2D eigenvalue weighted by Gasteiger charge is -2.05. The molecule has 22 heavy (non-hydrogen) atoms. The first-order valence-corrected chi connectivity index (χ1v) is 6.95. The smallest absolute Gasteiger partial charge is 0.311 e. The fourth-order valence-corrected chi connectivity index (χ4v) is 2.32. The number of pyridine rings is 1. The normalized spacial score (nSPS) is 10.8. The summed E-state index contributed by atoms with van der Waals surface area (Å²) in [5, 5.41) is 11.2. The molecule has 0 fully saturated rings. The number of hydrogen-bond acceptors (Lipinski definition) is 4. The monoisotopic (exact) mass is 297 g/mol. The van der Waals surface area contributed by atoms with Crippen LogP contribution in [0.4, 0.5) is 5.69 Å². The van der Waals surface area contributed by atoms with Gasteiger partial charge >= 0.3 is 5.69 Å². The molecule has 112 valence electrons. The molecule has 0 saturated carbocycles. The highest BCUT2D eigenvalue weighted by Gasteiger charge is 2.17. The number of aromatic nitrogens is 2. The summed E-state index contributed by atoms with van der Waals surface area (Å²) in [7, 11) is 0. The average molecular weight is 297 g/mol. The highest BCUT2D eigenvalue weighted by molar-refractivity contribution is 5.68. The van der Waals surface area contributed by atoms with Crippen LogP contribution in [0, 0.1) is 17.0 Å². The number of rotatable bonds is 4. The summed E-state index contributed by atoms with van der Waals surface area (Å²) in [6.45, 7) is 4.17. The molecule has 0 amide bonds. The van der Waals surface area contributed by atoms with Gasteiger partial charge in [-0.05, 0) is 43.7 Å². The summed E-state index contributed by atoms with van der Waals surface area (Å²) in [5.74, 6) is 0.274. The minimum Gasteiger partial charge on any atom is -0.487 e. The maximum absolute atomic E-state index is 11.2. The lowest BCUT2D eigenvalue weighted by Crippen LogP contribution is -1.97. The predicted octanol–water partition coefficient (Wildman–Crippen LogP) is 3.62. The van der Waals surface area contributed by atoms with Crippen LogP contribution in [0.5, 0.6) is 5.75 Å². The third-order valence-electron chi connectivity index (χ3n) is 3.37. The lowest BCUT2D eigenvalue weighted by atomic mass is 10.1. The van der Waals surface area contributed by atoms with Crippen LogP contribution in [0.25, 0.3) is 16.9 Å². The largest absolute Gasteiger partial charge is 0.487 e. The van der Waals surface area contributed by atoms with Gasteiger partial charge in [0, 0.05) is 24.0 Å². The average Bonchev–Trinajstić information content (AvgIpc) is 2.90. The Labute approximate surface area is 127 Å². The van der Waals surface area contributed by atoms with Gasteiger partial charge < -0.3 is 9.14 Å². The molecule has 3 rings (SSSR count). The zero-order valence-corrected chi connectivity index (χ0v) is 12.3. The molecule has 3 aromatic rings. The lowest BCUT2D eigenvalue weighted by molar-refractivity contribution is -0.385. The van der Waals surface area contributed by atoms with E-state index in [1.807, 2.05) is 35.9 Å². The van der Waals surface area contributed by atoms with Crippen molar-refractivity contribution in [3.8, 4) is 17.0 Å². The van der Waals surface area contributed by atoms with E-state index < -0.39 is 4.92 Å². The van der Waals surface area contributed by atoms with Gasteiger partial charge in [0.15, 0.2) is 5.75 Å². The molecule has 0 radical (unpaired) electrons. The molecule has 0 aliphatic rings. The maximum atomic E-state index is 11.2. The summed E-state index contributed by atoms with van der Waals surface area (Å²) in [6, 6.07) is 8.85. The number of imidazole rings is 1. The first-order chi connectivity index (χ1) is 10.6. The minimum absolute atomic E-state index is 0.0485. The number of ether oxygens (including phenoxy) is 1. The Balaban J connectivity index is 2.09. The van der Waals surface area contributed by atoms with Crippen molar-refractivity contribution in [1.29, 1.82) is 0 Å². The molecule has 0 unspecified atom stereocenters. The summed E-state index contributed by atoms with van der Waals surface area (Å²) >= 11 is 0. The molecule has 0 atom stereocenters. The highest BCUT2D eigenvalue weighted by atomic mass is 16.6. The second kappa shape index (κ2) is 5.48. The van der Waals surface area contributed by atoms with E-state index in [2.05, 4.69) is 4.98 Å². The summed E-state index contributed by atoms with van der Waals surface area (Å²) in [6.07, 6.45) is 3.78. The van der Waals surface area contributed by atoms with Crippen LogP contribution in [0.15, 0.2) is 42.7 Å². The van der Waals surface area contributed by atoms with Crippen LogP contribution >= 0.6 is 0 Å². The van der Waals surface area contributed by atoms with Crippen molar-refractivity contribution in [2.45, 2.75) is 13.8 Å². The van der Waals surface area contributed by atoms with Crippen LogP contribution < -0.4 is 4.74 Å². The Hall–Kier alpha value is -2.89. The Kier molecular flexibility index (Phi) is 3.50. The Morgan fingerprint density at radius 2 is 2.14 bits per heavy atom. The van der Waals surface area contributed by atoms with E-state index in [1.165, 1.54) is 6.07 Å². The molecule has 0 N–H and O–H groups in total. The SMILES string of the molecule is CCOc1ccc(-c2cn3ccc(C)cc3n2)cc1[N+](=O)[O-]. The zero-order chi connectivity index (χ0) is 15.7. The number of aryl methyl sites for hydroxylation is 1. The number of nitrogens with zero attached hydrogens (tertiary/aromatic N) is 3. The quantitative estimate of drug-likeness (QED) is 0.545. The fourth-order valence-electron chi connectivity index (χ4n) is 2.32. The molecule has 1 aromatic carbocycles. The van der Waals surface area contributed by atoms with Gasteiger partial charge in [0.25, 0.3) is 0 Å². The molecule has 0 spiro atoms. The minimum atomic E-state index is -0.436. The molecule has 0 aliphatic carbocycles. The van der Waals surface area contributed by atoms with Crippen molar-refractivity contribution >= 4 is 11.3 Å². The van der Waals surface area contributed by atoms with Gasteiger partial charge in [0.1, 0.15) is 5.65 Å². The summed E-state index contributed by atoms with van der Waals surface area (Å²) < 4.78 is 7.19. The number of benzene rings is 1. The van der Waals surface area contributed by atoms with Gasteiger partial charge in [-0.1, -0.05) is 0 Å². The van der Waals surface area contributed by atoms with E-state index in [9.17, 15) is 10.1 Å². The first-order valence-electron chi connectivity index (χ1n) is 6.95. The molecule has 0 saturated heterocycles. The topological polar surface area (TPSA) is 69.7 Å². The van der Waals surface area contributed by atoms with E-state index in [-0.39, 0.29) is 11.4 Å². The van der Waals surface area contributed by atoms with Crippen molar-refractivity contribution in [2.75, 3.05) is 6.61 Å². The number of nitro benzene ring substituents is 1. The number of hydrogen-bond donors (Lipinski definition) is 0. The molecule has 2 heterocycles. The molecule has 6 heteroatoms.